The summed E-state index contributed by atoms with van der Waals surface area (Å²) in [6.07, 6.45) is 3.49. The highest BCUT2D eigenvalue weighted by Crippen LogP contribution is 2.40. The molecule has 154 valence electrons. The lowest BCUT2D eigenvalue weighted by molar-refractivity contribution is -0.384. The van der Waals surface area contributed by atoms with Crippen molar-refractivity contribution >= 4 is 29.7 Å². The SMILES string of the molecule is Cl.O=C(CN1CCNCC1c1cccnc1)Nc1cc2c(cc1[N+](=O)[O-])OCO2. The topological polar surface area (TPSA) is 119 Å². The molecule has 1 fully saturated rings. The van der Waals surface area contributed by atoms with E-state index in [2.05, 4.69) is 15.6 Å². The van der Waals surface area contributed by atoms with Crippen molar-refractivity contribution in [2.45, 2.75) is 6.04 Å². The van der Waals surface area contributed by atoms with E-state index in [0.29, 0.717) is 24.6 Å². The molecule has 4 rings (SSSR count). The minimum Gasteiger partial charge on any atom is -0.454 e. The van der Waals surface area contributed by atoms with E-state index in [1.807, 2.05) is 17.0 Å². The maximum absolute atomic E-state index is 12.6. The van der Waals surface area contributed by atoms with E-state index in [4.69, 9.17) is 9.47 Å². The van der Waals surface area contributed by atoms with E-state index in [1.165, 1.54) is 12.1 Å². The van der Waals surface area contributed by atoms with Crippen molar-refractivity contribution in [3.05, 3.63) is 52.3 Å². The van der Waals surface area contributed by atoms with Crippen LogP contribution in [0.25, 0.3) is 0 Å². The molecule has 2 N–H and O–H groups in total. The van der Waals surface area contributed by atoms with Crippen LogP contribution in [0.15, 0.2) is 36.7 Å². The number of nitro groups is 1. The predicted molar refractivity (Wildman–Crippen MR) is 107 cm³/mol. The number of aromatic nitrogens is 1. The molecule has 11 heteroatoms. The number of fused-ring (bicyclic) bond motifs is 1. The Hall–Kier alpha value is -2.95. The number of halogens is 1. The number of hydrogen-bond donors (Lipinski definition) is 2. The summed E-state index contributed by atoms with van der Waals surface area (Å²) < 4.78 is 10.4. The van der Waals surface area contributed by atoms with E-state index in [1.54, 1.807) is 12.4 Å². The molecule has 3 heterocycles. The number of carbonyl (C=O) groups is 1. The van der Waals surface area contributed by atoms with Crippen LogP contribution in [-0.2, 0) is 4.79 Å². The Morgan fingerprint density at radius 3 is 2.90 bits per heavy atom. The van der Waals surface area contributed by atoms with Gasteiger partial charge in [-0.15, -0.1) is 12.4 Å². The number of carbonyl (C=O) groups excluding carboxylic acids is 1. The lowest BCUT2D eigenvalue weighted by Crippen LogP contribution is -2.48. The van der Waals surface area contributed by atoms with E-state index in [9.17, 15) is 14.9 Å². The fourth-order valence-corrected chi connectivity index (χ4v) is 3.39. The molecule has 0 bridgehead atoms. The lowest BCUT2D eigenvalue weighted by Gasteiger charge is -2.35. The quantitative estimate of drug-likeness (QED) is 0.553. The van der Waals surface area contributed by atoms with Gasteiger partial charge in [-0.25, -0.2) is 0 Å². The van der Waals surface area contributed by atoms with Crippen LogP contribution in [0.3, 0.4) is 0 Å². The van der Waals surface area contributed by atoms with Crippen molar-refractivity contribution in [2.75, 3.05) is 38.3 Å². The Morgan fingerprint density at radius 2 is 2.17 bits per heavy atom. The molecule has 2 aromatic rings. The fraction of sp³-hybridized carbons (Fsp3) is 0.333. The number of nitrogens with zero attached hydrogens (tertiary/aromatic N) is 3. The predicted octanol–water partition coefficient (Wildman–Crippen LogP) is 1.73. The van der Waals surface area contributed by atoms with Gasteiger partial charge in [0.25, 0.3) is 5.69 Å². The van der Waals surface area contributed by atoms with Crippen LogP contribution in [-0.4, -0.2) is 53.7 Å². The van der Waals surface area contributed by atoms with Gasteiger partial charge in [-0.2, -0.15) is 0 Å². The summed E-state index contributed by atoms with van der Waals surface area (Å²) in [6, 6.07) is 6.52. The molecule has 1 aromatic carbocycles. The maximum atomic E-state index is 12.6. The van der Waals surface area contributed by atoms with Crippen molar-refractivity contribution in [1.29, 1.82) is 0 Å². The van der Waals surface area contributed by atoms with Crippen LogP contribution in [0.1, 0.15) is 11.6 Å². The van der Waals surface area contributed by atoms with Crippen LogP contribution in [0, 0.1) is 10.1 Å². The first kappa shape index (κ1) is 20.8. The standard InChI is InChI=1S/C18H19N5O5.ClH/c24-18(10-22-5-4-20-9-15(22)12-2-1-3-19-8-12)21-13-6-16-17(28-11-27-16)7-14(13)23(25)26;/h1-3,6-8,15,20H,4-5,9-11H2,(H,21,24);1H. The monoisotopic (exact) mass is 421 g/mol. The highest BCUT2D eigenvalue weighted by Gasteiger charge is 2.28. The Labute approximate surface area is 172 Å². The molecule has 1 atom stereocenters. The molecule has 29 heavy (non-hydrogen) atoms. The summed E-state index contributed by atoms with van der Waals surface area (Å²) in [7, 11) is 0. The van der Waals surface area contributed by atoms with Gasteiger partial charge in [0.1, 0.15) is 5.69 Å². The van der Waals surface area contributed by atoms with Gasteiger partial charge in [0.05, 0.1) is 17.5 Å². The Balaban J connectivity index is 0.00000240. The van der Waals surface area contributed by atoms with Crippen molar-refractivity contribution in [3.8, 4) is 11.5 Å². The Bertz CT molecular complexity index is 898. The number of pyridine rings is 1. The van der Waals surface area contributed by atoms with Crippen molar-refractivity contribution in [3.63, 3.8) is 0 Å². The van der Waals surface area contributed by atoms with E-state index < -0.39 is 4.92 Å². The largest absolute Gasteiger partial charge is 0.454 e. The smallest absolute Gasteiger partial charge is 0.296 e. The summed E-state index contributed by atoms with van der Waals surface area (Å²) in [5.41, 5.74) is 0.866. The van der Waals surface area contributed by atoms with Gasteiger partial charge in [0.15, 0.2) is 11.5 Å². The summed E-state index contributed by atoms with van der Waals surface area (Å²) >= 11 is 0. The van der Waals surface area contributed by atoms with Crippen LogP contribution >= 0.6 is 12.4 Å². The highest BCUT2D eigenvalue weighted by atomic mass is 35.5. The third-order valence-electron chi connectivity index (χ3n) is 4.73. The molecule has 0 radical (unpaired) electrons. The zero-order chi connectivity index (χ0) is 19.5. The first-order valence-electron chi connectivity index (χ1n) is 8.84. The first-order chi connectivity index (χ1) is 13.6. The first-order valence-corrected chi connectivity index (χ1v) is 8.84. The normalized spacial score (nSPS) is 18.0. The number of nitrogens with one attached hydrogen (secondary N) is 2. The van der Waals surface area contributed by atoms with Gasteiger partial charge >= 0.3 is 0 Å². The third kappa shape index (κ3) is 4.56. The highest BCUT2D eigenvalue weighted by molar-refractivity contribution is 5.95. The molecule has 10 nitrogen and oxygen atoms in total. The number of ether oxygens (including phenoxy) is 2. The van der Waals surface area contributed by atoms with Crippen LogP contribution in [0.2, 0.25) is 0 Å². The van der Waals surface area contributed by atoms with Gasteiger partial charge < -0.3 is 20.1 Å². The molecule has 0 saturated carbocycles. The molecule has 2 aliphatic rings. The molecule has 2 aliphatic heterocycles. The fourth-order valence-electron chi connectivity index (χ4n) is 3.39. The average Bonchev–Trinajstić information content (AvgIpc) is 3.15. The van der Waals surface area contributed by atoms with Crippen molar-refractivity contribution in [1.82, 2.24) is 15.2 Å². The number of hydrogen-bond acceptors (Lipinski definition) is 8. The maximum Gasteiger partial charge on any atom is 0.296 e. The number of piperazine rings is 1. The Kier molecular flexibility index (Phi) is 6.47. The summed E-state index contributed by atoms with van der Waals surface area (Å²) in [5, 5.41) is 17.3. The second-order valence-electron chi connectivity index (χ2n) is 6.50. The van der Waals surface area contributed by atoms with E-state index >= 15 is 0 Å². The minimum absolute atomic E-state index is 0. The van der Waals surface area contributed by atoms with Gasteiger partial charge in [-0.05, 0) is 11.6 Å². The van der Waals surface area contributed by atoms with E-state index in [-0.39, 0.29) is 49.1 Å². The molecule has 1 saturated heterocycles. The van der Waals surface area contributed by atoms with Crippen LogP contribution in [0.4, 0.5) is 11.4 Å². The summed E-state index contributed by atoms with van der Waals surface area (Å²) in [6.45, 7) is 2.23. The van der Waals surface area contributed by atoms with Gasteiger partial charge in [-0.1, -0.05) is 6.07 Å². The summed E-state index contributed by atoms with van der Waals surface area (Å²) in [4.78, 5) is 29.6. The lowest BCUT2D eigenvalue weighted by atomic mass is 10.1. The minimum atomic E-state index is -0.555. The molecule has 1 unspecified atom stereocenters. The number of nitro benzene ring substituents is 1. The average molecular weight is 422 g/mol. The second-order valence-corrected chi connectivity index (χ2v) is 6.50. The van der Waals surface area contributed by atoms with Crippen LogP contribution < -0.4 is 20.1 Å². The number of benzene rings is 1. The second kappa shape index (κ2) is 9.03. The molecule has 1 amide bonds. The van der Waals surface area contributed by atoms with Crippen molar-refractivity contribution < 1.29 is 19.2 Å². The number of amides is 1. The molecule has 0 spiro atoms. The van der Waals surface area contributed by atoms with E-state index in [0.717, 1.165) is 12.1 Å². The van der Waals surface area contributed by atoms with Crippen molar-refractivity contribution in [2.24, 2.45) is 0 Å². The number of rotatable bonds is 5. The van der Waals surface area contributed by atoms with Crippen LogP contribution in [0.5, 0.6) is 11.5 Å². The zero-order valence-corrected chi connectivity index (χ0v) is 16.2. The zero-order valence-electron chi connectivity index (χ0n) is 15.4. The van der Waals surface area contributed by atoms with Gasteiger partial charge in [0.2, 0.25) is 12.7 Å². The third-order valence-corrected chi connectivity index (χ3v) is 4.73. The summed E-state index contributed by atoms with van der Waals surface area (Å²) in [5.74, 6) is 0.331. The number of anilines is 1. The molecule has 1 aromatic heterocycles. The molecular weight excluding hydrogens is 402 g/mol. The van der Waals surface area contributed by atoms with Gasteiger partial charge in [-0.3, -0.25) is 24.8 Å². The Morgan fingerprint density at radius 1 is 1.38 bits per heavy atom. The molecule has 0 aliphatic carbocycles. The molecular formula is C18H20ClN5O5. The van der Waals surface area contributed by atoms with Gasteiger partial charge in [0, 0.05) is 44.1 Å².